The summed E-state index contributed by atoms with van der Waals surface area (Å²) < 4.78 is 21.1. The van der Waals surface area contributed by atoms with E-state index in [4.69, 9.17) is 5.14 Å². The molecule has 11 heavy (non-hydrogen) atoms. The van der Waals surface area contributed by atoms with Crippen molar-refractivity contribution in [3.8, 4) is 0 Å². The van der Waals surface area contributed by atoms with Crippen molar-refractivity contribution in [2.24, 2.45) is 5.14 Å². The second kappa shape index (κ2) is 3.06. The van der Waals surface area contributed by atoms with Crippen LogP contribution in [0.15, 0.2) is 0 Å². The molecular weight excluding hydrogens is 166 g/mol. The summed E-state index contributed by atoms with van der Waals surface area (Å²) in [6.07, 6.45) is 2.03. The molecule has 0 spiro atoms. The van der Waals surface area contributed by atoms with Crippen LogP contribution in [0, 0.1) is 0 Å². The molecule has 1 saturated heterocycles. The molecule has 1 fully saturated rings. The molecule has 6 heteroatoms. The van der Waals surface area contributed by atoms with Crippen molar-refractivity contribution in [2.75, 3.05) is 6.54 Å². The molecule has 1 atom stereocenters. The first-order chi connectivity index (χ1) is 4.99. The summed E-state index contributed by atoms with van der Waals surface area (Å²) in [5, 5.41) is 6.45. The van der Waals surface area contributed by atoms with Crippen molar-refractivity contribution in [3.63, 3.8) is 0 Å². The van der Waals surface area contributed by atoms with Gasteiger partial charge in [-0.15, -0.1) is 4.83 Å². The van der Waals surface area contributed by atoms with Crippen LogP contribution in [0.5, 0.6) is 0 Å². The van der Waals surface area contributed by atoms with E-state index in [0.29, 0.717) is 0 Å². The number of nitrogens with zero attached hydrogens (tertiary/aromatic N) is 1. The van der Waals surface area contributed by atoms with Gasteiger partial charge in [-0.3, -0.25) is 0 Å². The lowest BCUT2D eigenvalue weighted by atomic mass is 10.3. The van der Waals surface area contributed by atoms with Gasteiger partial charge in [0.15, 0.2) is 0 Å². The van der Waals surface area contributed by atoms with Gasteiger partial charge in [-0.05, 0) is 19.8 Å². The molecule has 0 aliphatic carbocycles. The standard InChI is InChI=1S/C5H13N3O2S/c1-5-3-2-4-8(5)7-11(6,9)10/h5,7H,2-4H2,1H3,(H2,6,9,10). The minimum Gasteiger partial charge on any atom is -0.227 e. The molecule has 1 heterocycles. The number of rotatable bonds is 2. The number of hydrazine groups is 1. The smallest absolute Gasteiger partial charge is 0.227 e. The Morgan fingerprint density at radius 2 is 2.27 bits per heavy atom. The van der Waals surface area contributed by atoms with E-state index in [0.717, 1.165) is 19.4 Å². The molecule has 1 unspecified atom stereocenters. The first kappa shape index (κ1) is 8.92. The maximum atomic E-state index is 10.6. The summed E-state index contributed by atoms with van der Waals surface area (Å²) >= 11 is 0. The Kier molecular flexibility index (Phi) is 2.48. The predicted molar refractivity (Wildman–Crippen MR) is 41.6 cm³/mol. The van der Waals surface area contributed by atoms with E-state index in [1.54, 1.807) is 5.01 Å². The van der Waals surface area contributed by atoms with Gasteiger partial charge in [0.1, 0.15) is 0 Å². The molecular formula is C5H13N3O2S. The van der Waals surface area contributed by atoms with E-state index in [-0.39, 0.29) is 6.04 Å². The summed E-state index contributed by atoms with van der Waals surface area (Å²) in [5.74, 6) is 0. The first-order valence-corrected chi connectivity index (χ1v) is 5.10. The Balaban J connectivity index is 2.50. The fourth-order valence-corrected chi connectivity index (χ4v) is 1.83. The molecule has 0 aromatic carbocycles. The molecule has 0 aromatic heterocycles. The van der Waals surface area contributed by atoms with Crippen LogP contribution in [0.1, 0.15) is 19.8 Å². The Morgan fingerprint density at radius 3 is 2.64 bits per heavy atom. The zero-order chi connectivity index (χ0) is 8.48. The van der Waals surface area contributed by atoms with E-state index in [2.05, 4.69) is 4.83 Å². The quantitative estimate of drug-likeness (QED) is 0.581. The van der Waals surface area contributed by atoms with E-state index >= 15 is 0 Å². The van der Waals surface area contributed by atoms with Gasteiger partial charge >= 0.3 is 0 Å². The van der Waals surface area contributed by atoms with Crippen LogP contribution in [0.2, 0.25) is 0 Å². The van der Waals surface area contributed by atoms with Gasteiger partial charge in [-0.1, -0.05) is 0 Å². The zero-order valence-electron chi connectivity index (χ0n) is 6.45. The molecule has 66 valence electrons. The van der Waals surface area contributed by atoms with E-state index in [1.165, 1.54) is 0 Å². The van der Waals surface area contributed by atoms with Crippen LogP contribution in [0.25, 0.3) is 0 Å². The van der Waals surface area contributed by atoms with Crippen molar-refractivity contribution in [2.45, 2.75) is 25.8 Å². The number of hydrogen-bond acceptors (Lipinski definition) is 3. The highest BCUT2D eigenvalue weighted by atomic mass is 32.2. The van der Waals surface area contributed by atoms with Crippen molar-refractivity contribution in [3.05, 3.63) is 0 Å². The molecule has 0 amide bonds. The lowest BCUT2D eigenvalue weighted by Gasteiger charge is -2.19. The average Bonchev–Trinajstić information content (AvgIpc) is 2.12. The maximum Gasteiger partial charge on any atom is 0.287 e. The van der Waals surface area contributed by atoms with Crippen molar-refractivity contribution < 1.29 is 8.42 Å². The summed E-state index contributed by atoms with van der Waals surface area (Å²) in [6.45, 7) is 2.71. The van der Waals surface area contributed by atoms with E-state index in [9.17, 15) is 8.42 Å². The summed E-state index contributed by atoms with van der Waals surface area (Å²) in [5.41, 5.74) is 0. The summed E-state index contributed by atoms with van der Waals surface area (Å²) in [6, 6.07) is 0.258. The zero-order valence-corrected chi connectivity index (χ0v) is 7.26. The lowest BCUT2D eigenvalue weighted by Crippen LogP contribution is -2.46. The highest BCUT2D eigenvalue weighted by molar-refractivity contribution is 7.87. The largest absolute Gasteiger partial charge is 0.287 e. The molecule has 1 aliphatic heterocycles. The normalized spacial score (nSPS) is 27.6. The van der Waals surface area contributed by atoms with Crippen LogP contribution < -0.4 is 9.97 Å². The summed E-state index contributed by atoms with van der Waals surface area (Å²) in [7, 11) is -3.56. The third kappa shape index (κ3) is 2.74. The number of nitrogens with one attached hydrogen (secondary N) is 1. The minimum atomic E-state index is -3.56. The van der Waals surface area contributed by atoms with Crippen LogP contribution >= 0.6 is 0 Å². The van der Waals surface area contributed by atoms with Crippen molar-refractivity contribution in [1.29, 1.82) is 0 Å². The molecule has 0 radical (unpaired) electrons. The molecule has 1 rings (SSSR count). The molecule has 0 saturated carbocycles. The maximum absolute atomic E-state index is 10.6. The predicted octanol–water partition coefficient (Wildman–Crippen LogP) is -0.821. The fourth-order valence-electron chi connectivity index (χ4n) is 1.23. The van der Waals surface area contributed by atoms with Gasteiger partial charge in [0.25, 0.3) is 10.2 Å². The van der Waals surface area contributed by atoms with Crippen LogP contribution in [-0.2, 0) is 10.2 Å². The van der Waals surface area contributed by atoms with E-state index < -0.39 is 10.2 Å². The lowest BCUT2D eigenvalue weighted by molar-refractivity contribution is 0.235. The second-order valence-corrected chi connectivity index (χ2v) is 4.09. The molecule has 0 bridgehead atoms. The van der Waals surface area contributed by atoms with Crippen LogP contribution in [-0.4, -0.2) is 26.0 Å². The Labute approximate surface area is 66.7 Å². The van der Waals surface area contributed by atoms with Crippen LogP contribution in [0.4, 0.5) is 0 Å². The number of nitrogens with two attached hydrogens (primary N) is 1. The first-order valence-electron chi connectivity index (χ1n) is 3.56. The molecule has 3 N–H and O–H groups in total. The van der Waals surface area contributed by atoms with Gasteiger partial charge in [-0.2, -0.15) is 8.42 Å². The Hall–Kier alpha value is -0.170. The second-order valence-electron chi connectivity index (χ2n) is 2.82. The van der Waals surface area contributed by atoms with E-state index in [1.807, 2.05) is 6.92 Å². The molecule has 5 nitrogen and oxygen atoms in total. The number of hydrogen-bond donors (Lipinski definition) is 2. The van der Waals surface area contributed by atoms with Crippen molar-refractivity contribution >= 4 is 10.2 Å². The third-order valence-electron chi connectivity index (χ3n) is 1.80. The third-order valence-corrected chi connectivity index (χ3v) is 2.29. The highest BCUT2D eigenvalue weighted by Crippen LogP contribution is 2.13. The van der Waals surface area contributed by atoms with Gasteiger partial charge in [0.2, 0.25) is 0 Å². The Morgan fingerprint density at radius 1 is 1.64 bits per heavy atom. The van der Waals surface area contributed by atoms with Gasteiger partial charge in [0, 0.05) is 12.6 Å². The Bertz CT molecular complexity index is 226. The average molecular weight is 179 g/mol. The minimum absolute atomic E-state index is 0.258. The summed E-state index contributed by atoms with van der Waals surface area (Å²) in [4.78, 5) is 2.25. The molecule has 1 aliphatic rings. The van der Waals surface area contributed by atoms with Crippen LogP contribution in [0.3, 0.4) is 0 Å². The van der Waals surface area contributed by atoms with Gasteiger partial charge in [0.05, 0.1) is 0 Å². The van der Waals surface area contributed by atoms with Crippen molar-refractivity contribution in [1.82, 2.24) is 9.84 Å². The topological polar surface area (TPSA) is 75.4 Å². The highest BCUT2D eigenvalue weighted by Gasteiger charge is 2.22. The van der Waals surface area contributed by atoms with Gasteiger partial charge < -0.3 is 0 Å². The SMILES string of the molecule is CC1CCCN1NS(N)(=O)=O. The van der Waals surface area contributed by atoms with Gasteiger partial charge in [-0.25, -0.2) is 10.1 Å². The monoisotopic (exact) mass is 179 g/mol. The molecule has 0 aromatic rings. The fraction of sp³-hybridized carbons (Fsp3) is 1.00.